The molecule has 0 aromatic rings. The third-order valence-corrected chi connectivity index (χ3v) is 1.49. The van der Waals surface area contributed by atoms with Crippen molar-refractivity contribution in [1.82, 2.24) is 5.32 Å². The summed E-state index contributed by atoms with van der Waals surface area (Å²) in [6, 6.07) is 0. The van der Waals surface area contributed by atoms with Crippen molar-refractivity contribution >= 4 is 16.0 Å². The van der Waals surface area contributed by atoms with E-state index in [-0.39, 0.29) is 30.5 Å². The molecule has 0 aliphatic heterocycles. The Labute approximate surface area is 90.5 Å². The smallest absolute Gasteiger partial charge is 0.748 e. The predicted octanol–water partition coefficient (Wildman–Crippen LogP) is -3.53. The standard InChI is InChI=1S/C4H7NO.C2H6O3S.Li/c1-3-4(6)5-2;1-2-6(3,4)5;/h3H,1H2,2H3,(H,5,6);2H2,1H3,(H,3,4,5);/q;;+1/p-1. The van der Waals surface area contributed by atoms with Gasteiger partial charge in [-0.25, -0.2) is 8.42 Å². The molecule has 0 aliphatic rings. The molecule has 1 N–H and O–H groups in total. The minimum atomic E-state index is -3.91. The minimum Gasteiger partial charge on any atom is -0.748 e. The minimum absolute atomic E-state index is 0. The van der Waals surface area contributed by atoms with Crippen molar-refractivity contribution in [3.05, 3.63) is 12.7 Å². The Morgan fingerprint density at radius 1 is 1.62 bits per heavy atom. The zero-order chi connectivity index (χ0) is 10.2. The van der Waals surface area contributed by atoms with Crippen LogP contribution in [0.2, 0.25) is 0 Å². The molecule has 0 rings (SSSR count). The van der Waals surface area contributed by atoms with Crippen LogP contribution in [0.4, 0.5) is 0 Å². The van der Waals surface area contributed by atoms with Gasteiger partial charge in [0.05, 0.1) is 10.1 Å². The second-order valence-electron chi connectivity index (χ2n) is 1.66. The van der Waals surface area contributed by atoms with E-state index < -0.39 is 10.1 Å². The van der Waals surface area contributed by atoms with Crippen molar-refractivity contribution in [1.29, 1.82) is 0 Å². The van der Waals surface area contributed by atoms with E-state index >= 15 is 0 Å². The normalized spacial score (nSPS) is 8.54. The summed E-state index contributed by atoms with van der Waals surface area (Å²) in [5, 5.41) is 2.36. The van der Waals surface area contributed by atoms with Gasteiger partial charge in [-0.2, -0.15) is 0 Å². The molecular formula is C6H12LiNO4S. The molecule has 0 aromatic heterocycles. The van der Waals surface area contributed by atoms with E-state index in [0.29, 0.717) is 0 Å². The molecule has 5 nitrogen and oxygen atoms in total. The van der Waals surface area contributed by atoms with Crippen LogP contribution in [0.3, 0.4) is 0 Å². The quantitative estimate of drug-likeness (QED) is 0.285. The van der Waals surface area contributed by atoms with Gasteiger partial charge in [-0.05, 0) is 6.08 Å². The summed E-state index contributed by atoms with van der Waals surface area (Å²) in [4.78, 5) is 9.95. The van der Waals surface area contributed by atoms with Gasteiger partial charge in [0.1, 0.15) is 0 Å². The van der Waals surface area contributed by atoms with Crippen molar-refractivity contribution in [3.63, 3.8) is 0 Å². The topological polar surface area (TPSA) is 86.3 Å². The summed E-state index contributed by atoms with van der Waals surface area (Å²) < 4.78 is 28.3. The zero-order valence-corrected chi connectivity index (χ0v) is 8.85. The SMILES string of the molecule is C=CC(=O)NC.CCS(=O)(=O)[O-].[Li+]. The molecule has 0 heterocycles. The maximum Gasteiger partial charge on any atom is 1.00 e. The number of likely N-dealkylation sites (N-methyl/N-ethyl adjacent to an activating group) is 1. The first-order valence-corrected chi connectivity index (χ1v) is 4.72. The molecule has 1 amide bonds. The van der Waals surface area contributed by atoms with Crippen molar-refractivity contribution in [2.75, 3.05) is 12.8 Å². The number of nitrogens with one attached hydrogen (secondary N) is 1. The van der Waals surface area contributed by atoms with Gasteiger partial charge in [-0.15, -0.1) is 0 Å². The monoisotopic (exact) mass is 201 g/mol. The van der Waals surface area contributed by atoms with Crippen LogP contribution in [-0.2, 0) is 14.9 Å². The van der Waals surface area contributed by atoms with E-state index in [1.165, 1.54) is 13.0 Å². The largest absolute Gasteiger partial charge is 1.00 e. The molecule has 0 saturated carbocycles. The second-order valence-corrected chi connectivity index (χ2v) is 3.36. The van der Waals surface area contributed by atoms with Crippen LogP contribution in [0.5, 0.6) is 0 Å². The third-order valence-electron chi connectivity index (χ3n) is 0.785. The Kier molecular flexibility index (Phi) is 13.9. The molecule has 0 radical (unpaired) electrons. The zero-order valence-electron chi connectivity index (χ0n) is 8.03. The van der Waals surface area contributed by atoms with Crippen LogP contribution in [0, 0.1) is 0 Å². The number of amides is 1. The first-order chi connectivity index (χ1) is 5.37. The fraction of sp³-hybridized carbons (Fsp3) is 0.500. The summed E-state index contributed by atoms with van der Waals surface area (Å²) in [6.07, 6.45) is 1.22. The molecule has 7 heteroatoms. The van der Waals surface area contributed by atoms with Gasteiger partial charge in [0, 0.05) is 12.8 Å². The van der Waals surface area contributed by atoms with E-state index in [9.17, 15) is 17.8 Å². The fourth-order valence-corrected chi connectivity index (χ4v) is 0.102. The van der Waals surface area contributed by atoms with Crippen molar-refractivity contribution in [3.8, 4) is 0 Å². The van der Waals surface area contributed by atoms with Gasteiger partial charge in [-0.3, -0.25) is 4.79 Å². The van der Waals surface area contributed by atoms with Gasteiger partial charge in [0.2, 0.25) is 5.91 Å². The number of rotatable bonds is 2. The number of hydrogen-bond acceptors (Lipinski definition) is 4. The average molecular weight is 201 g/mol. The molecule has 0 aromatic carbocycles. The summed E-state index contributed by atoms with van der Waals surface area (Å²) in [5.41, 5.74) is 0. The van der Waals surface area contributed by atoms with Crippen LogP contribution >= 0.6 is 0 Å². The van der Waals surface area contributed by atoms with E-state index in [4.69, 9.17) is 0 Å². The molecule has 0 fully saturated rings. The van der Waals surface area contributed by atoms with E-state index in [0.717, 1.165) is 0 Å². The molecule has 0 bridgehead atoms. The fourth-order valence-electron chi connectivity index (χ4n) is 0.102. The van der Waals surface area contributed by atoms with Crippen molar-refractivity contribution < 1.29 is 36.6 Å². The van der Waals surface area contributed by atoms with E-state index in [2.05, 4.69) is 11.9 Å². The Morgan fingerprint density at radius 3 is 1.92 bits per heavy atom. The Morgan fingerprint density at radius 2 is 1.92 bits per heavy atom. The van der Waals surface area contributed by atoms with Gasteiger partial charge in [0.25, 0.3) is 0 Å². The molecule has 0 atom stereocenters. The number of carbonyl (C=O) groups excluding carboxylic acids is 1. The summed E-state index contributed by atoms with van der Waals surface area (Å²) in [6.45, 7) is 4.53. The first-order valence-electron chi connectivity index (χ1n) is 3.15. The van der Waals surface area contributed by atoms with Crippen molar-refractivity contribution in [2.24, 2.45) is 0 Å². The summed E-state index contributed by atoms with van der Waals surface area (Å²) in [7, 11) is -2.35. The molecule has 72 valence electrons. The summed E-state index contributed by atoms with van der Waals surface area (Å²) >= 11 is 0. The molecule has 0 spiro atoms. The molecule has 0 aliphatic carbocycles. The van der Waals surface area contributed by atoms with Gasteiger partial charge in [-0.1, -0.05) is 13.5 Å². The van der Waals surface area contributed by atoms with Crippen LogP contribution < -0.4 is 24.2 Å². The van der Waals surface area contributed by atoms with Crippen LogP contribution in [0.15, 0.2) is 12.7 Å². The Hall–Kier alpha value is -0.283. The average Bonchev–Trinajstić information content (AvgIpc) is 2.03. The first kappa shape index (κ1) is 18.5. The molecule has 13 heavy (non-hydrogen) atoms. The van der Waals surface area contributed by atoms with Crippen LogP contribution in [-0.4, -0.2) is 31.7 Å². The van der Waals surface area contributed by atoms with Gasteiger partial charge >= 0.3 is 18.9 Å². The number of hydrogen-bond donors (Lipinski definition) is 1. The van der Waals surface area contributed by atoms with E-state index in [1.807, 2.05) is 0 Å². The molecular weight excluding hydrogens is 189 g/mol. The number of carbonyl (C=O) groups is 1. The van der Waals surface area contributed by atoms with Gasteiger partial charge < -0.3 is 9.87 Å². The second kappa shape index (κ2) is 9.80. The Balaban J connectivity index is -0.000000143. The maximum absolute atomic E-state index is 9.95. The van der Waals surface area contributed by atoms with Crippen LogP contribution in [0.25, 0.3) is 0 Å². The third kappa shape index (κ3) is 24.5. The van der Waals surface area contributed by atoms with E-state index in [1.54, 1.807) is 7.05 Å². The summed E-state index contributed by atoms with van der Waals surface area (Å²) in [5.74, 6) is -0.456. The molecule has 0 saturated heterocycles. The van der Waals surface area contributed by atoms with Crippen molar-refractivity contribution in [2.45, 2.75) is 6.92 Å². The van der Waals surface area contributed by atoms with Crippen LogP contribution in [0.1, 0.15) is 6.92 Å². The Bertz CT molecular complexity index is 237. The van der Waals surface area contributed by atoms with Gasteiger partial charge in [0.15, 0.2) is 0 Å². The predicted molar refractivity (Wildman–Crippen MR) is 44.5 cm³/mol. The maximum atomic E-state index is 9.95. The molecule has 0 unspecified atom stereocenters.